The van der Waals surface area contributed by atoms with Crippen LogP contribution in [0.25, 0.3) is 0 Å². The van der Waals surface area contributed by atoms with Crippen molar-refractivity contribution in [3.05, 3.63) is 59.7 Å². The second-order valence-corrected chi connectivity index (χ2v) is 10.9. The van der Waals surface area contributed by atoms with Crippen molar-refractivity contribution < 1.29 is 38.9 Å². The van der Waals surface area contributed by atoms with Crippen molar-refractivity contribution in [3.8, 4) is 11.5 Å². The maximum absolute atomic E-state index is 14.3. The zero-order chi connectivity index (χ0) is 30.2. The van der Waals surface area contributed by atoms with Crippen molar-refractivity contribution in [2.24, 2.45) is 0 Å². The molecular formula is C30H39N3O8. The molecule has 2 aromatic carbocycles. The molecule has 0 spiro atoms. The number of aromatic hydroxyl groups is 2. The van der Waals surface area contributed by atoms with Crippen molar-refractivity contribution in [1.29, 1.82) is 0 Å². The number of ether oxygens (including phenoxy) is 2. The molecule has 3 amide bonds. The monoisotopic (exact) mass is 569 g/mol. The summed E-state index contributed by atoms with van der Waals surface area (Å²) < 4.78 is 10.3. The van der Waals surface area contributed by atoms with Crippen LogP contribution in [-0.2, 0) is 30.3 Å². The number of phenols is 2. The predicted octanol–water partition coefficient (Wildman–Crippen LogP) is 3.34. The number of amides is 3. The van der Waals surface area contributed by atoms with Crippen molar-refractivity contribution >= 4 is 23.9 Å². The highest BCUT2D eigenvalue weighted by Crippen LogP contribution is 2.36. The lowest BCUT2D eigenvalue weighted by molar-refractivity contribution is -0.144. The molecule has 0 radical (unpaired) electrons. The lowest BCUT2D eigenvalue weighted by Gasteiger charge is -2.34. The third kappa shape index (κ3) is 9.70. The number of nitrogens with zero attached hydrogens (tertiary/aromatic N) is 1. The van der Waals surface area contributed by atoms with Crippen LogP contribution in [0.4, 0.5) is 4.79 Å². The Morgan fingerprint density at radius 3 is 2.29 bits per heavy atom. The van der Waals surface area contributed by atoms with Crippen LogP contribution in [0.3, 0.4) is 0 Å². The highest BCUT2D eigenvalue weighted by Gasteiger charge is 2.44. The number of hydrogen-bond donors (Lipinski definition) is 4. The Morgan fingerprint density at radius 2 is 1.71 bits per heavy atom. The summed E-state index contributed by atoms with van der Waals surface area (Å²) >= 11 is 0. The number of rotatable bonds is 12. The summed E-state index contributed by atoms with van der Waals surface area (Å²) in [5, 5.41) is 25.3. The highest BCUT2D eigenvalue weighted by atomic mass is 16.6. The van der Waals surface area contributed by atoms with Gasteiger partial charge < -0.3 is 35.2 Å². The van der Waals surface area contributed by atoms with Gasteiger partial charge in [-0.1, -0.05) is 24.3 Å². The van der Waals surface area contributed by atoms with E-state index < -0.39 is 41.6 Å². The summed E-state index contributed by atoms with van der Waals surface area (Å²) in [4.78, 5) is 53.9. The third-order valence-corrected chi connectivity index (χ3v) is 6.21. The van der Waals surface area contributed by atoms with Gasteiger partial charge in [0.2, 0.25) is 11.8 Å². The van der Waals surface area contributed by atoms with Crippen molar-refractivity contribution in [2.45, 2.75) is 77.1 Å². The molecule has 222 valence electrons. The molecule has 41 heavy (non-hydrogen) atoms. The Balaban J connectivity index is 1.95. The standard InChI is InChI=1S/C30H39N3O8/c1-5-40-25(36)15-16-31-27(37)26(20-7-6-8-23(35)18-20)33(21-11-12-21)28(38)24(32-29(39)41-30(2,3)4)17-19-9-13-22(34)14-10-19/h6-10,13-14,18,21,24,26,34-35H,5,11-12,15-17H2,1-4H3,(H,31,37)(H,32,39). The van der Waals surface area contributed by atoms with Crippen LogP contribution in [0.5, 0.6) is 11.5 Å². The summed E-state index contributed by atoms with van der Waals surface area (Å²) in [5.74, 6) is -1.55. The lowest BCUT2D eigenvalue weighted by atomic mass is 9.99. The molecule has 11 heteroatoms. The molecular weight excluding hydrogens is 530 g/mol. The molecule has 0 aromatic heterocycles. The van der Waals surface area contributed by atoms with E-state index in [0.29, 0.717) is 24.0 Å². The minimum atomic E-state index is -1.15. The number of benzene rings is 2. The van der Waals surface area contributed by atoms with E-state index in [1.165, 1.54) is 29.2 Å². The zero-order valence-corrected chi connectivity index (χ0v) is 23.9. The first-order valence-electron chi connectivity index (χ1n) is 13.7. The number of hydrogen-bond acceptors (Lipinski definition) is 8. The van der Waals surface area contributed by atoms with E-state index in [2.05, 4.69) is 10.6 Å². The quantitative estimate of drug-likeness (QED) is 0.284. The molecule has 11 nitrogen and oxygen atoms in total. The Bertz CT molecular complexity index is 1220. The number of nitrogens with one attached hydrogen (secondary N) is 2. The van der Waals surface area contributed by atoms with Gasteiger partial charge >= 0.3 is 12.1 Å². The van der Waals surface area contributed by atoms with Gasteiger partial charge in [-0.25, -0.2) is 4.79 Å². The normalized spacial score (nSPS) is 14.3. The van der Waals surface area contributed by atoms with Gasteiger partial charge in [0.15, 0.2) is 0 Å². The molecule has 3 rings (SSSR count). The molecule has 0 aliphatic heterocycles. The first-order chi connectivity index (χ1) is 19.4. The predicted molar refractivity (Wildman–Crippen MR) is 150 cm³/mol. The number of phenolic OH excluding ortho intramolecular Hbond substituents is 2. The molecule has 0 heterocycles. The van der Waals surface area contributed by atoms with E-state index in [1.807, 2.05) is 0 Å². The fraction of sp³-hybridized carbons (Fsp3) is 0.467. The van der Waals surface area contributed by atoms with Crippen LogP contribution in [-0.4, -0.2) is 69.8 Å². The van der Waals surface area contributed by atoms with Gasteiger partial charge in [-0.05, 0) is 75.9 Å². The van der Waals surface area contributed by atoms with Gasteiger partial charge in [0.1, 0.15) is 29.2 Å². The third-order valence-electron chi connectivity index (χ3n) is 6.21. The largest absolute Gasteiger partial charge is 0.508 e. The second kappa shape index (κ2) is 13.9. The molecule has 1 saturated carbocycles. The maximum atomic E-state index is 14.3. The van der Waals surface area contributed by atoms with E-state index in [4.69, 9.17) is 9.47 Å². The Kier molecular flexibility index (Phi) is 10.6. The van der Waals surface area contributed by atoms with Crippen molar-refractivity contribution in [3.63, 3.8) is 0 Å². The van der Waals surface area contributed by atoms with Gasteiger partial charge in [0.05, 0.1) is 13.0 Å². The molecule has 1 aliphatic rings. The maximum Gasteiger partial charge on any atom is 0.408 e. The molecule has 2 aromatic rings. The second-order valence-electron chi connectivity index (χ2n) is 10.9. The fourth-order valence-corrected chi connectivity index (χ4v) is 4.32. The van der Waals surface area contributed by atoms with Crippen LogP contribution < -0.4 is 10.6 Å². The summed E-state index contributed by atoms with van der Waals surface area (Å²) in [5.41, 5.74) is 0.232. The average Bonchev–Trinajstić information content (AvgIpc) is 3.72. The Labute approximate surface area is 239 Å². The molecule has 2 unspecified atom stereocenters. The van der Waals surface area contributed by atoms with Gasteiger partial charge in [0, 0.05) is 19.0 Å². The molecule has 2 atom stereocenters. The molecule has 1 aliphatic carbocycles. The van der Waals surface area contributed by atoms with Crippen LogP contribution in [0.15, 0.2) is 48.5 Å². The SMILES string of the molecule is CCOC(=O)CCNC(=O)C(c1cccc(O)c1)N(C(=O)C(Cc1ccc(O)cc1)NC(=O)OC(C)(C)C)C1CC1. The minimum absolute atomic E-state index is 0.00717. The average molecular weight is 570 g/mol. The first-order valence-corrected chi connectivity index (χ1v) is 13.7. The Hall–Kier alpha value is -4.28. The van der Waals surface area contributed by atoms with Gasteiger partial charge in [-0.3, -0.25) is 14.4 Å². The minimum Gasteiger partial charge on any atom is -0.508 e. The van der Waals surface area contributed by atoms with Crippen LogP contribution in [0.2, 0.25) is 0 Å². The first kappa shape index (κ1) is 31.3. The highest BCUT2D eigenvalue weighted by molar-refractivity contribution is 5.93. The van der Waals surface area contributed by atoms with Gasteiger partial charge in [-0.2, -0.15) is 0 Å². The molecule has 4 N–H and O–H groups in total. The van der Waals surface area contributed by atoms with E-state index in [1.54, 1.807) is 52.0 Å². The van der Waals surface area contributed by atoms with Crippen molar-refractivity contribution in [2.75, 3.05) is 13.2 Å². The van der Waals surface area contributed by atoms with Crippen molar-refractivity contribution in [1.82, 2.24) is 15.5 Å². The van der Waals surface area contributed by atoms with E-state index >= 15 is 0 Å². The van der Waals surface area contributed by atoms with E-state index in [0.717, 1.165) is 0 Å². The van der Waals surface area contributed by atoms with Gasteiger partial charge in [0.25, 0.3) is 0 Å². The smallest absolute Gasteiger partial charge is 0.408 e. The summed E-state index contributed by atoms with van der Waals surface area (Å²) in [7, 11) is 0. The van der Waals surface area contributed by atoms with E-state index in [9.17, 15) is 29.4 Å². The van der Waals surface area contributed by atoms with Crippen LogP contribution >= 0.6 is 0 Å². The van der Waals surface area contributed by atoms with E-state index in [-0.39, 0.29) is 43.5 Å². The number of carbonyl (C=O) groups is 4. The molecule has 0 saturated heterocycles. The van der Waals surface area contributed by atoms with Crippen LogP contribution in [0.1, 0.15) is 64.1 Å². The number of esters is 1. The summed E-state index contributed by atoms with van der Waals surface area (Å²) in [6, 6.07) is 9.79. The lowest BCUT2D eigenvalue weighted by Crippen LogP contribution is -2.54. The Morgan fingerprint density at radius 1 is 1.02 bits per heavy atom. The van der Waals surface area contributed by atoms with Gasteiger partial charge in [-0.15, -0.1) is 0 Å². The summed E-state index contributed by atoms with van der Waals surface area (Å²) in [6.45, 7) is 7.02. The number of alkyl carbamates (subject to hydrolysis) is 1. The molecule has 1 fully saturated rings. The zero-order valence-electron chi connectivity index (χ0n) is 23.9. The number of carbonyl (C=O) groups excluding carboxylic acids is 4. The summed E-state index contributed by atoms with van der Waals surface area (Å²) in [6.07, 6.45) is 0.523. The van der Waals surface area contributed by atoms with Crippen LogP contribution in [0, 0.1) is 0 Å². The fourth-order valence-electron chi connectivity index (χ4n) is 4.32. The topological polar surface area (TPSA) is 154 Å². The molecule has 0 bridgehead atoms.